The molecule has 0 fully saturated rings. The normalized spacial score (nSPS) is 13.9. The lowest BCUT2D eigenvalue weighted by atomic mass is 10.1. The van der Waals surface area contributed by atoms with Gasteiger partial charge in [-0.15, -0.1) is 0 Å². The molecule has 1 amide bonds. The van der Waals surface area contributed by atoms with Crippen LogP contribution < -0.4 is 9.64 Å². The fourth-order valence-electron chi connectivity index (χ4n) is 2.31. The first kappa shape index (κ1) is 14.2. The second-order valence-electron chi connectivity index (χ2n) is 4.99. The number of carbonyl (C=O) groups excluding carboxylic acids is 1. The Hall–Kier alpha value is -1.71. The van der Waals surface area contributed by atoms with Gasteiger partial charge >= 0.3 is 0 Å². The van der Waals surface area contributed by atoms with Crippen LogP contribution in [0.1, 0.15) is 11.1 Å². The molecule has 3 nitrogen and oxygen atoms in total. The number of rotatable bonds is 2. The van der Waals surface area contributed by atoms with Gasteiger partial charge < -0.3 is 9.64 Å². The first-order valence-electron chi connectivity index (χ1n) is 6.52. The zero-order valence-electron chi connectivity index (χ0n) is 11.4. The molecule has 0 atom stereocenters. The quantitative estimate of drug-likeness (QED) is 0.828. The first-order valence-corrected chi connectivity index (χ1v) is 7.28. The molecule has 2 aromatic carbocycles. The molecular weight excluding hydrogens is 309 g/mol. The third-order valence-corrected chi connectivity index (χ3v) is 4.12. The van der Waals surface area contributed by atoms with E-state index in [1.54, 1.807) is 17.0 Å². The van der Waals surface area contributed by atoms with Crippen LogP contribution in [-0.2, 0) is 11.3 Å². The van der Waals surface area contributed by atoms with Crippen LogP contribution in [0.5, 0.6) is 5.75 Å². The van der Waals surface area contributed by atoms with Gasteiger partial charge in [0.2, 0.25) is 0 Å². The van der Waals surface area contributed by atoms with Crippen molar-refractivity contribution in [1.29, 1.82) is 0 Å². The summed E-state index contributed by atoms with van der Waals surface area (Å²) in [5, 5.41) is 0.990. The number of ether oxygens (including phenoxy) is 1. The Labute approximate surface area is 133 Å². The SMILES string of the molecule is Cc1ccc2c(c1)N(Cc1ccc(Cl)c(Cl)c1)C(=O)CO2. The molecule has 0 aromatic heterocycles. The van der Waals surface area contributed by atoms with E-state index in [0.717, 1.165) is 22.6 Å². The second kappa shape index (κ2) is 5.58. The predicted molar refractivity (Wildman–Crippen MR) is 84.3 cm³/mol. The number of hydrogen-bond donors (Lipinski definition) is 0. The van der Waals surface area contributed by atoms with Crippen LogP contribution in [0.4, 0.5) is 5.69 Å². The third-order valence-electron chi connectivity index (χ3n) is 3.38. The second-order valence-corrected chi connectivity index (χ2v) is 5.80. The van der Waals surface area contributed by atoms with Crippen LogP contribution in [-0.4, -0.2) is 12.5 Å². The van der Waals surface area contributed by atoms with Gasteiger partial charge in [0, 0.05) is 0 Å². The van der Waals surface area contributed by atoms with Crippen molar-refractivity contribution < 1.29 is 9.53 Å². The summed E-state index contributed by atoms with van der Waals surface area (Å²) in [6, 6.07) is 11.2. The number of carbonyl (C=O) groups is 1. The smallest absolute Gasteiger partial charge is 0.265 e. The molecule has 0 saturated carbocycles. The van der Waals surface area contributed by atoms with Crippen molar-refractivity contribution in [1.82, 2.24) is 0 Å². The summed E-state index contributed by atoms with van der Waals surface area (Å²) in [5.41, 5.74) is 2.79. The summed E-state index contributed by atoms with van der Waals surface area (Å²) < 4.78 is 5.46. The average Bonchev–Trinajstić information content (AvgIpc) is 2.46. The standard InChI is InChI=1S/C16H13Cl2NO2/c1-10-2-5-15-14(6-10)19(16(20)9-21-15)8-11-3-4-12(17)13(18)7-11/h2-7H,8-9H2,1H3. The summed E-state index contributed by atoms with van der Waals surface area (Å²) in [6.07, 6.45) is 0. The minimum absolute atomic E-state index is 0.0530. The summed E-state index contributed by atoms with van der Waals surface area (Å²) in [7, 11) is 0. The maximum atomic E-state index is 12.2. The zero-order chi connectivity index (χ0) is 15.0. The van der Waals surface area contributed by atoms with E-state index in [2.05, 4.69) is 0 Å². The predicted octanol–water partition coefficient (Wildman–Crippen LogP) is 4.23. The van der Waals surface area contributed by atoms with Crippen molar-refractivity contribution >= 4 is 34.8 Å². The van der Waals surface area contributed by atoms with E-state index in [1.165, 1.54) is 0 Å². The Morgan fingerprint density at radius 2 is 1.95 bits per heavy atom. The molecule has 3 rings (SSSR count). The van der Waals surface area contributed by atoms with E-state index in [9.17, 15) is 4.79 Å². The van der Waals surface area contributed by atoms with Crippen LogP contribution in [0, 0.1) is 6.92 Å². The highest BCUT2D eigenvalue weighted by molar-refractivity contribution is 6.42. The van der Waals surface area contributed by atoms with Crippen LogP contribution in [0.15, 0.2) is 36.4 Å². The largest absolute Gasteiger partial charge is 0.482 e. The van der Waals surface area contributed by atoms with Gasteiger partial charge in [-0.2, -0.15) is 0 Å². The van der Waals surface area contributed by atoms with Gasteiger partial charge in [-0.1, -0.05) is 35.3 Å². The number of fused-ring (bicyclic) bond motifs is 1. The van der Waals surface area contributed by atoms with Gasteiger partial charge in [-0.25, -0.2) is 0 Å². The molecule has 1 aliphatic heterocycles. The number of halogens is 2. The summed E-state index contributed by atoms with van der Waals surface area (Å²) in [4.78, 5) is 13.9. The number of hydrogen-bond acceptors (Lipinski definition) is 2. The van der Waals surface area contributed by atoms with E-state index >= 15 is 0 Å². The number of aryl methyl sites for hydroxylation is 1. The van der Waals surface area contributed by atoms with E-state index in [1.807, 2.05) is 31.2 Å². The summed E-state index contributed by atoms with van der Waals surface area (Å²) in [5.74, 6) is 0.652. The van der Waals surface area contributed by atoms with Crippen molar-refractivity contribution in [3.63, 3.8) is 0 Å². The van der Waals surface area contributed by atoms with Crippen molar-refractivity contribution in [2.45, 2.75) is 13.5 Å². The molecular formula is C16H13Cl2NO2. The van der Waals surface area contributed by atoms with Crippen LogP contribution in [0.3, 0.4) is 0 Å². The minimum atomic E-state index is -0.0702. The molecule has 2 aromatic rings. The Kier molecular flexibility index (Phi) is 3.79. The molecule has 108 valence electrons. The molecule has 1 aliphatic rings. The van der Waals surface area contributed by atoms with Crippen LogP contribution in [0.2, 0.25) is 10.0 Å². The molecule has 21 heavy (non-hydrogen) atoms. The van der Waals surface area contributed by atoms with Gasteiger partial charge in [0.05, 0.1) is 22.3 Å². The van der Waals surface area contributed by atoms with E-state index in [0.29, 0.717) is 16.6 Å². The highest BCUT2D eigenvalue weighted by atomic mass is 35.5. The minimum Gasteiger partial charge on any atom is -0.482 e. The van der Waals surface area contributed by atoms with Crippen LogP contribution in [0.25, 0.3) is 0 Å². The van der Waals surface area contributed by atoms with Gasteiger partial charge in [0.1, 0.15) is 5.75 Å². The van der Waals surface area contributed by atoms with E-state index in [4.69, 9.17) is 27.9 Å². The Morgan fingerprint density at radius 3 is 2.71 bits per heavy atom. The molecule has 0 radical (unpaired) electrons. The maximum Gasteiger partial charge on any atom is 0.265 e. The van der Waals surface area contributed by atoms with Crippen molar-refractivity contribution in [2.24, 2.45) is 0 Å². The molecule has 0 bridgehead atoms. The number of nitrogens with zero attached hydrogens (tertiary/aromatic N) is 1. The Bertz CT molecular complexity index is 715. The lowest BCUT2D eigenvalue weighted by molar-refractivity contribution is -0.121. The first-order chi connectivity index (χ1) is 10.0. The van der Waals surface area contributed by atoms with Crippen molar-refractivity contribution in [2.75, 3.05) is 11.5 Å². The molecule has 5 heteroatoms. The molecule has 1 heterocycles. The van der Waals surface area contributed by atoms with E-state index in [-0.39, 0.29) is 12.5 Å². The highest BCUT2D eigenvalue weighted by Crippen LogP contribution is 2.34. The lowest BCUT2D eigenvalue weighted by Crippen LogP contribution is -2.38. The van der Waals surface area contributed by atoms with Crippen molar-refractivity contribution in [3.8, 4) is 5.75 Å². The number of amides is 1. The van der Waals surface area contributed by atoms with Gasteiger partial charge in [-0.3, -0.25) is 4.79 Å². The molecule has 0 unspecified atom stereocenters. The van der Waals surface area contributed by atoms with Gasteiger partial charge in [0.25, 0.3) is 5.91 Å². The molecule has 0 spiro atoms. The maximum absolute atomic E-state index is 12.2. The highest BCUT2D eigenvalue weighted by Gasteiger charge is 2.25. The Balaban J connectivity index is 1.96. The fraction of sp³-hybridized carbons (Fsp3) is 0.188. The lowest BCUT2D eigenvalue weighted by Gasteiger charge is -2.29. The average molecular weight is 322 g/mol. The van der Waals surface area contributed by atoms with E-state index < -0.39 is 0 Å². The summed E-state index contributed by atoms with van der Waals surface area (Å²) in [6.45, 7) is 2.48. The molecule has 0 saturated heterocycles. The van der Waals surface area contributed by atoms with Gasteiger partial charge in [-0.05, 0) is 42.3 Å². The fourth-order valence-corrected chi connectivity index (χ4v) is 2.63. The summed E-state index contributed by atoms with van der Waals surface area (Å²) >= 11 is 12.0. The van der Waals surface area contributed by atoms with Crippen LogP contribution >= 0.6 is 23.2 Å². The topological polar surface area (TPSA) is 29.5 Å². The monoisotopic (exact) mass is 321 g/mol. The molecule has 0 N–H and O–H groups in total. The zero-order valence-corrected chi connectivity index (χ0v) is 12.9. The van der Waals surface area contributed by atoms with Gasteiger partial charge in [0.15, 0.2) is 6.61 Å². The number of anilines is 1. The third kappa shape index (κ3) is 2.85. The Morgan fingerprint density at radius 1 is 1.14 bits per heavy atom. The number of benzene rings is 2. The van der Waals surface area contributed by atoms with Crippen molar-refractivity contribution in [3.05, 3.63) is 57.6 Å². The molecule has 0 aliphatic carbocycles.